The van der Waals surface area contributed by atoms with Gasteiger partial charge >= 0.3 is 12.1 Å². The predicted octanol–water partition coefficient (Wildman–Crippen LogP) is 2.86. The molecule has 2 N–H and O–H groups in total. The number of carboxylic acid groups (broad SMARTS) is 1. The number of carbonyl (C=O) groups is 5. The van der Waals surface area contributed by atoms with E-state index in [0.717, 1.165) is 17.7 Å². The van der Waals surface area contributed by atoms with Gasteiger partial charge in [0.25, 0.3) is 11.8 Å². The summed E-state index contributed by atoms with van der Waals surface area (Å²) in [5, 5.41) is 12.6. The van der Waals surface area contributed by atoms with Crippen LogP contribution in [0.1, 0.15) is 42.7 Å². The second-order valence-electron chi connectivity index (χ2n) is 11.2. The predicted molar refractivity (Wildman–Crippen MR) is 168 cm³/mol. The Balaban J connectivity index is 1.31. The van der Waals surface area contributed by atoms with Crippen molar-refractivity contribution in [1.29, 1.82) is 0 Å². The number of anilines is 1. The molecule has 1 fully saturated rings. The first-order valence-electron chi connectivity index (χ1n) is 15.3. The van der Waals surface area contributed by atoms with Gasteiger partial charge in [0.1, 0.15) is 17.5 Å². The number of pyridine rings is 1. The molecule has 0 saturated carbocycles. The number of carbonyl (C=O) groups excluding carboxylic acids is 4. The number of para-hydroxylation sites is 2. The third-order valence-electron chi connectivity index (χ3n) is 8.11. The van der Waals surface area contributed by atoms with Crippen LogP contribution in [0.5, 0.6) is 5.75 Å². The number of benzene rings is 2. The highest BCUT2D eigenvalue weighted by Crippen LogP contribution is 2.32. The van der Waals surface area contributed by atoms with Gasteiger partial charge in [-0.3, -0.25) is 19.2 Å². The van der Waals surface area contributed by atoms with Crippen molar-refractivity contribution in [3.8, 4) is 5.75 Å². The Bertz CT molecular complexity index is 1640. The number of amides is 4. The molecular formula is C33H37N5O8. The summed E-state index contributed by atoms with van der Waals surface area (Å²) in [6, 6.07) is 15.0. The van der Waals surface area contributed by atoms with E-state index in [0.29, 0.717) is 10.9 Å². The van der Waals surface area contributed by atoms with E-state index in [4.69, 9.17) is 9.47 Å². The third kappa shape index (κ3) is 7.19. The van der Waals surface area contributed by atoms with Gasteiger partial charge in [0.2, 0.25) is 5.91 Å². The highest BCUT2D eigenvalue weighted by molar-refractivity contribution is 6.00. The van der Waals surface area contributed by atoms with Gasteiger partial charge in [0, 0.05) is 55.8 Å². The third-order valence-corrected chi connectivity index (χ3v) is 8.11. The molecule has 0 aliphatic carbocycles. The lowest BCUT2D eigenvalue weighted by Crippen LogP contribution is -2.56. The molecule has 2 aliphatic rings. The smallest absolute Gasteiger partial charge is 0.409 e. The number of nitrogens with zero attached hydrogens (tertiary/aromatic N) is 4. The van der Waals surface area contributed by atoms with Gasteiger partial charge in [-0.2, -0.15) is 0 Å². The number of fused-ring (bicyclic) bond motifs is 2. The Kier molecular flexibility index (Phi) is 9.99. The van der Waals surface area contributed by atoms with Crippen LogP contribution in [0.25, 0.3) is 10.9 Å². The Morgan fingerprint density at radius 2 is 1.70 bits per heavy atom. The molecule has 3 aromatic rings. The molecule has 242 valence electrons. The van der Waals surface area contributed by atoms with Crippen LogP contribution in [0.2, 0.25) is 0 Å². The zero-order valence-electron chi connectivity index (χ0n) is 25.8. The fraction of sp³-hybridized carbons (Fsp3) is 0.394. The van der Waals surface area contributed by atoms with Gasteiger partial charge in [-0.15, -0.1) is 0 Å². The zero-order valence-corrected chi connectivity index (χ0v) is 25.8. The molecule has 2 atom stereocenters. The number of hydrogen-bond donors (Lipinski definition) is 2. The molecule has 2 aliphatic heterocycles. The van der Waals surface area contributed by atoms with Gasteiger partial charge < -0.3 is 34.6 Å². The molecule has 0 bridgehead atoms. The first-order chi connectivity index (χ1) is 22.2. The minimum atomic E-state index is -1.14. The number of aliphatic carboxylic acids is 1. The van der Waals surface area contributed by atoms with E-state index in [1.54, 1.807) is 36.1 Å². The summed E-state index contributed by atoms with van der Waals surface area (Å²) in [4.78, 5) is 72.9. The number of hydrogen-bond acceptors (Lipinski definition) is 8. The van der Waals surface area contributed by atoms with Crippen LogP contribution in [-0.4, -0.2) is 101 Å². The molecule has 13 nitrogen and oxygen atoms in total. The van der Waals surface area contributed by atoms with Crippen molar-refractivity contribution in [3.63, 3.8) is 0 Å². The maximum absolute atomic E-state index is 13.5. The maximum atomic E-state index is 13.5. The molecule has 2 unspecified atom stereocenters. The first-order valence-corrected chi connectivity index (χ1v) is 15.3. The summed E-state index contributed by atoms with van der Waals surface area (Å²) in [5.74, 6) is -2.23. The van der Waals surface area contributed by atoms with Crippen LogP contribution in [0.4, 0.5) is 10.5 Å². The van der Waals surface area contributed by atoms with Crippen LogP contribution in [0, 0.1) is 0 Å². The van der Waals surface area contributed by atoms with Gasteiger partial charge in [0.05, 0.1) is 12.1 Å². The van der Waals surface area contributed by atoms with Crippen LogP contribution < -0.4 is 15.0 Å². The van der Waals surface area contributed by atoms with E-state index >= 15 is 0 Å². The SMILES string of the molecule is CCOC(=O)N1CCN(C(=O)C(CCC(=O)O)NC(=O)c2cc(OCC(=O)N3c4ccccc4CC3C)c3ccccc3n2)CC1. The van der Waals surface area contributed by atoms with E-state index in [1.165, 1.54) is 15.9 Å². The molecule has 1 aromatic heterocycles. The lowest BCUT2D eigenvalue weighted by molar-refractivity contribution is -0.138. The van der Waals surface area contributed by atoms with Gasteiger partial charge in [0.15, 0.2) is 6.61 Å². The quantitative estimate of drug-likeness (QED) is 0.343. The van der Waals surface area contributed by atoms with E-state index in [-0.39, 0.29) is 75.6 Å². The summed E-state index contributed by atoms with van der Waals surface area (Å²) in [6.07, 6.45) is -0.210. The largest absolute Gasteiger partial charge is 0.483 e. The number of nitrogens with one attached hydrogen (secondary N) is 1. The molecule has 0 radical (unpaired) electrons. The fourth-order valence-corrected chi connectivity index (χ4v) is 5.84. The van der Waals surface area contributed by atoms with Crippen molar-refractivity contribution in [3.05, 3.63) is 65.9 Å². The van der Waals surface area contributed by atoms with Crippen LogP contribution in [0.3, 0.4) is 0 Å². The van der Waals surface area contributed by atoms with Gasteiger partial charge in [-0.25, -0.2) is 9.78 Å². The number of ether oxygens (including phenoxy) is 2. The van der Waals surface area contributed by atoms with E-state index in [9.17, 15) is 29.1 Å². The Morgan fingerprint density at radius 1 is 1.00 bits per heavy atom. The molecule has 46 heavy (non-hydrogen) atoms. The molecule has 1 saturated heterocycles. The van der Waals surface area contributed by atoms with E-state index in [2.05, 4.69) is 10.3 Å². The molecular weight excluding hydrogens is 594 g/mol. The highest BCUT2D eigenvalue weighted by Gasteiger charge is 2.33. The van der Waals surface area contributed by atoms with Crippen LogP contribution in [0.15, 0.2) is 54.6 Å². The lowest BCUT2D eigenvalue weighted by Gasteiger charge is -2.35. The van der Waals surface area contributed by atoms with Crippen molar-refractivity contribution in [1.82, 2.24) is 20.1 Å². The zero-order chi connectivity index (χ0) is 32.8. The van der Waals surface area contributed by atoms with Gasteiger partial charge in [-0.05, 0) is 50.5 Å². The summed E-state index contributed by atoms with van der Waals surface area (Å²) in [5.41, 5.74) is 2.33. The van der Waals surface area contributed by atoms with Gasteiger partial charge in [-0.1, -0.05) is 30.3 Å². The molecule has 13 heteroatoms. The van der Waals surface area contributed by atoms with Crippen molar-refractivity contribution >= 4 is 46.4 Å². The standard InChI is InChI=1S/C33H37N5O8/c1-3-45-33(44)37-16-14-36(15-17-37)32(43)25(12-13-30(40)41)35-31(42)26-19-28(23-9-5-6-10-24(23)34-26)46-20-29(39)38-21(2)18-22-8-4-7-11-27(22)38/h4-11,19,21,25H,3,12-18,20H2,1-2H3,(H,35,42)(H,40,41). The fourth-order valence-electron chi connectivity index (χ4n) is 5.84. The topological polar surface area (TPSA) is 159 Å². The first kappa shape index (κ1) is 32.2. The Labute approximate surface area is 266 Å². The number of rotatable bonds is 10. The summed E-state index contributed by atoms with van der Waals surface area (Å²) < 4.78 is 11.0. The average Bonchev–Trinajstić information content (AvgIpc) is 3.40. The molecule has 2 aromatic carbocycles. The van der Waals surface area contributed by atoms with E-state index in [1.807, 2.05) is 31.2 Å². The molecule has 3 heterocycles. The minimum absolute atomic E-state index is 0.0302. The highest BCUT2D eigenvalue weighted by atomic mass is 16.6. The van der Waals surface area contributed by atoms with Crippen molar-refractivity contribution in [2.75, 3.05) is 44.3 Å². The van der Waals surface area contributed by atoms with Crippen LogP contribution >= 0.6 is 0 Å². The monoisotopic (exact) mass is 631 g/mol. The molecule has 4 amide bonds. The molecule has 5 rings (SSSR count). The average molecular weight is 632 g/mol. The maximum Gasteiger partial charge on any atom is 0.409 e. The second kappa shape index (κ2) is 14.3. The second-order valence-corrected chi connectivity index (χ2v) is 11.2. The molecule has 0 spiro atoms. The lowest BCUT2D eigenvalue weighted by atomic mass is 10.1. The summed E-state index contributed by atoms with van der Waals surface area (Å²) >= 11 is 0. The van der Waals surface area contributed by atoms with Crippen molar-refractivity contribution in [2.45, 2.75) is 45.2 Å². The Morgan fingerprint density at radius 3 is 2.43 bits per heavy atom. The summed E-state index contributed by atoms with van der Waals surface area (Å²) in [6.45, 7) is 4.56. The Hall–Kier alpha value is -5.20. The van der Waals surface area contributed by atoms with Crippen molar-refractivity contribution in [2.24, 2.45) is 0 Å². The summed E-state index contributed by atoms with van der Waals surface area (Å²) in [7, 11) is 0. The number of piperazine rings is 1. The minimum Gasteiger partial charge on any atom is -0.483 e. The van der Waals surface area contributed by atoms with Crippen molar-refractivity contribution < 1.29 is 38.6 Å². The van der Waals surface area contributed by atoms with Crippen LogP contribution in [-0.2, 0) is 25.5 Å². The number of carboxylic acids is 1. The number of aromatic nitrogens is 1. The van der Waals surface area contributed by atoms with E-state index < -0.39 is 29.9 Å². The normalized spacial score (nSPS) is 16.5.